The van der Waals surface area contributed by atoms with Gasteiger partial charge < -0.3 is 19.9 Å². The van der Waals surface area contributed by atoms with Crippen LogP contribution in [-0.4, -0.2) is 55.0 Å². The van der Waals surface area contributed by atoms with E-state index in [1.807, 2.05) is 11.0 Å². The van der Waals surface area contributed by atoms with E-state index in [-0.39, 0.29) is 11.8 Å². The normalized spacial score (nSPS) is 14.0. The minimum atomic E-state index is -0.344. The van der Waals surface area contributed by atoms with Crippen LogP contribution in [0.4, 0.5) is 11.4 Å². The van der Waals surface area contributed by atoms with Gasteiger partial charge in [0.05, 0.1) is 24.7 Å². The monoisotopic (exact) mass is 388 g/mol. The molecule has 0 spiro atoms. The van der Waals surface area contributed by atoms with Crippen molar-refractivity contribution >= 4 is 34.8 Å². The molecule has 1 saturated heterocycles. The first-order valence-corrected chi connectivity index (χ1v) is 8.97. The van der Waals surface area contributed by atoms with Gasteiger partial charge in [0, 0.05) is 38.1 Å². The van der Waals surface area contributed by atoms with Crippen molar-refractivity contribution in [2.45, 2.75) is 6.92 Å². The van der Waals surface area contributed by atoms with Crippen LogP contribution in [0.5, 0.6) is 5.75 Å². The SMILES string of the molecule is COc1ccc(Cl)cc1NC(=O)c1ccc(N2CCN(C(C)=O)CC2)cn1. The number of amides is 2. The van der Waals surface area contributed by atoms with Gasteiger partial charge in [-0.15, -0.1) is 0 Å². The maximum Gasteiger partial charge on any atom is 0.274 e. The molecule has 27 heavy (non-hydrogen) atoms. The number of methoxy groups -OCH3 is 1. The largest absolute Gasteiger partial charge is 0.495 e. The summed E-state index contributed by atoms with van der Waals surface area (Å²) >= 11 is 5.99. The molecular weight excluding hydrogens is 368 g/mol. The van der Waals surface area contributed by atoms with E-state index in [9.17, 15) is 9.59 Å². The number of benzene rings is 1. The highest BCUT2D eigenvalue weighted by atomic mass is 35.5. The summed E-state index contributed by atoms with van der Waals surface area (Å²) in [7, 11) is 1.53. The first kappa shape index (κ1) is 19.0. The number of carbonyl (C=O) groups excluding carboxylic acids is 2. The van der Waals surface area contributed by atoms with Crippen LogP contribution in [-0.2, 0) is 4.79 Å². The number of anilines is 2. The number of rotatable bonds is 4. The van der Waals surface area contributed by atoms with Crippen molar-refractivity contribution in [3.8, 4) is 5.75 Å². The Labute approximate surface area is 162 Å². The number of nitrogens with zero attached hydrogens (tertiary/aromatic N) is 3. The van der Waals surface area contributed by atoms with Gasteiger partial charge in [0.15, 0.2) is 0 Å². The molecule has 142 valence electrons. The van der Waals surface area contributed by atoms with E-state index >= 15 is 0 Å². The quantitative estimate of drug-likeness (QED) is 0.871. The summed E-state index contributed by atoms with van der Waals surface area (Å²) < 4.78 is 5.23. The molecule has 0 bridgehead atoms. The Balaban J connectivity index is 1.66. The van der Waals surface area contributed by atoms with Crippen LogP contribution in [0.15, 0.2) is 36.5 Å². The summed E-state index contributed by atoms with van der Waals surface area (Å²) in [4.78, 5) is 32.1. The number of ether oxygens (including phenoxy) is 1. The molecule has 0 aliphatic carbocycles. The van der Waals surface area contributed by atoms with Gasteiger partial charge in [0.1, 0.15) is 11.4 Å². The lowest BCUT2D eigenvalue weighted by Gasteiger charge is -2.35. The molecule has 1 aliphatic rings. The van der Waals surface area contributed by atoms with Crippen LogP contribution in [0.2, 0.25) is 5.02 Å². The van der Waals surface area contributed by atoms with E-state index in [0.717, 1.165) is 18.8 Å². The average molecular weight is 389 g/mol. The van der Waals surface area contributed by atoms with Gasteiger partial charge in [0.25, 0.3) is 5.91 Å². The number of hydrogen-bond acceptors (Lipinski definition) is 5. The van der Waals surface area contributed by atoms with Crippen LogP contribution < -0.4 is 15.0 Å². The summed E-state index contributed by atoms with van der Waals surface area (Å²) in [5, 5.41) is 3.27. The van der Waals surface area contributed by atoms with Gasteiger partial charge in [-0.05, 0) is 30.3 Å². The van der Waals surface area contributed by atoms with E-state index in [1.54, 1.807) is 37.4 Å². The Bertz CT molecular complexity index is 833. The zero-order valence-electron chi connectivity index (χ0n) is 15.2. The Hall–Kier alpha value is -2.80. The number of pyridine rings is 1. The van der Waals surface area contributed by atoms with Gasteiger partial charge in [0.2, 0.25) is 5.91 Å². The van der Waals surface area contributed by atoms with Crippen molar-refractivity contribution in [2.24, 2.45) is 0 Å². The average Bonchev–Trinajstić information content (AvgIpc) is 2.68. The van der Waals surface area contributed by atoms with Gasteiger partial charge >= 0.3 is 0 Å². The van der Waals surface area contributed by atoms with E-state index in [0.29, 0.717) is 35.2 Å². The molecule has 1 aromatic carbocycles. The fourth-order valence-electron chi connectivity index (χ4n) is 2.95. The van der Waals surface area contributed by atoms with Crippen molar-refractivity contribution in [1.82, 2.24) is 9.88 Å². The molecule has 1 aliphatic heterocycles. The molecule has 0 saturated carbocycles. The van der Waals surface area contributed by atoms with Crippen molar-refractivity contribution in [2.75, 3.05) is 43.5 Å². The highest BCUT2D eigenvalue weighted by Crippen LogP contribution is 2.28. The second-order valence-corrected chi connectivity index (χ2v) is 6.63. The van der Waals surface area contributed by atoms with Crippen LogP contribution >= 0.6 is 11.6 Å². The minimum Gasteiger partial charge on any atom is -0.495 e. The number of piperazine rings is 1. The Morgan fingerprint density at radius 2 is 1.89 bits per heavy atom. The molecular formula is C19H21ClN4O3. The molecule has 1 N–H and O–H groups in total. The molecule has 1 fully saturated rings. The first-order chi connectivity index (χ1) is 13.0. The lowest BCUT2D eigenvalue weighted by Crippen LogP contribution is -2.48. The minimum absolute atomic E-state index is 0.0937. The number of nitrogens with one attached hydrogen (secondary N) is 1. The summed E-state index contributed by atoms with van der Waals surface area (Å²) in [6.45, 7) is 4.44. The Kier molecular flexibility index (Phi) is 5.81. The lowest BCUT2D eigenvalue weighted by atomic mass is 10.2. The van der Waals surface area contributed by atoms with Crippen molar-refractivity contribution in [3.05, 3.63) is 47.2 Å². The molecule has 0 atom stereocenters. The summed E-state index contributed by atoms with van der Waals surface area (Å²) in [5.41, 5.74) is 1.71. The van der Waals surface area contributed by atoms with E-state index in [4.69, 9.17) is 16.3 Å². The molecule has 7 nitrogen and oxygen atoms in total. The molecule has 0 radical (unpaired) electrons. The van der Waals surface area contributed by atoms with Crippen molar-refractivity contribution in [1.29, 1.82) is 0 Å². The third-order valence-electron chi connectivity index (χ3n) is 4.48. The molecule has 2 amide bonds. The molecule has 2 heterocycles. The predicted molar refractivity (Wildman–Crippen MR) is 105 cm³/mol. The van der Waals surface area contributed by atoms with Gasteiger partial charge in [-0.1, -0.05) is 11.6 Å². The van der Waals surface area contributed by atoms with Crippen molar-refractivity contribution in [3.63, 3.8) is 0 Å². The fourth-order valence-corrected chi connectivity index (χ4v) is 3.12. The van der Waals surface area contributed by atoms with Gasteiger partial charge in [-0.3, -0.25) is 9.59 Å². The number of carbonyl (C=O) groups is 2. The Morgan fingerprint density at radius 3 is 2.48 bits per heavy atom. The summed E-state index contributed by atoms with van der Waals surface area (Å²) in [6, 6.07) is 8.55. The molecule has 1 aromatic heterocycles. The first-order valence-electron chi connectivity index (χ1n) is 8.59. The number of hydrogen-bond donors (Lipinski definition) is 1. The van der Waals surface area contributed by atoms with Crippen LogP contribution in [0.3, 0.4) is 0 Å². The smallest absolute Gasteiger partial charge is 0.274 e. The standard InChI is InChI=1S/C19H21ClN4O3/c1-13(25)23-7-9-24(10-8-23)15-4-5-16(21-12-15)19(26)22-17-11-14(20)3-6-18(17)27-2/h3-6,11-12H,7-10H2,1-2H3,(H,22,26). The zero-order valence-corrected chi connectivity index (χ0v) is 16.0. The van der Waals surface area contributed by atoms with Crippen LogP contribution in [0.1, 0.15) is 17.4 Å². The molecule has 8 heteroatoms. The van der Waals surface area contributed by atoms with Gasteiger partial charge in [-0.2, -0.15) is 0 Å². The highest BCUT2D eigenvalue weighted by Gasteiger charge is 2.19. The second-order valence-electron chi connectivity index (χ2n) is 6.19. The lowest BCUT2D eigenvalue weighted by molar-refractivity contribution is -0.129. The second kappa shape index (κ2) is 8.26. The Morgan fingerprint density at radius 1 is 1.15 bits per heavy atom. The maximum absolute atomic E-state index is 12.5. The third-order valence-corrected chi connectivity index (χ3v) is 4.72. The summed E-state index contributed by atoms with van der Waals surface area (Å²) in [6.07, 6.45) is 1.67. The van der Waals surface area contributed by atoms with E-state index in [1.165, 1.54) is 7.11 Å². The number of halogens is 1. The topological polar surface area (TPSA) is 74.8 Å². The van der Waals surface area contributed by atoms with Crippen molar-refractivity contribution < 1.29 is 14.3 Å². The molecule has 0 unspecified atom stereocenters. The zero-order chi connectivity index (χ0) is 19.4. The maximum atomic E-state index is 12.5. The van der Waals surface area contributed by atoms with Crippen LogP contribution in [0.25, 0.3) is 0 Å². The highest BCUT2D eigenvalue weighted by molar-refractivity contribution is 6.31. The number of aromatic nitrogens is 1. The fraction of sp³-hybridized carbons (Fsp3) is 0.316. The van der Waals surface area contributed by atoms with E-state index in [2.05, 4.69) is 15.2 Å². The van der Waals surface area contributed by atoms with E-state index < -0.39 is 0 Å². The van der Waals surface area contributed by atoms with Gasteiger partial charge in [-0.25, -0.2) is 4.98 Å². The summed E-state index contributed by atoms with van der Waals surface area (Å²) in [5.74, 6) is 0.271. The third kappa shape index (κ3) is 4.49. The molecule has 3 rings (SSSR count). The molecule has 2 aromatic rings. The van der Waals surface area contributed by atoms with Crippen LogP contribution in [0, 0.1) is 0 Å². The predicted octanol–water partition coefficient (Wildman–Crippen LogP) is 2.66.